The van der Waals surface area contributed by atoms with Crippen LogP contribution in [0.2, 0.25) is 0 Å². The van der Waals surface area contributed by atoms with E-state index < -0.39 is 40.9 Å². The Morgan fingerprint density at radius 2 is 1.85 bits per heavy atom. The summed E-state index contributed by atoms with van der Waals surface area (Å²) in [5.74, 6) is -1.50. The molecule has 8 heteroatoms. The quantitative estimate of drug-likeness (QED) is 0.393. The first-order valence-corrected chi connectivity index (χ1v) is 14.8. The second-order valence-electron chi connectivity index (χ2n) is 12.8. The van der Waals surface area contributed by atoms with Gasteiger partial charge in [0.05, 0.1) is 12.5 Å². The van der Waals surface area contributed by atoms with Crippen LogP contribution in [-0.2, 0) is 30.3 Å². The molecule has 8 nitrogen and oxygen atoms in total. The maximum absolute atomic E-state index is 13.4. The van der Waals surface area contributed by atoms with E-state index in [-0.39, 0.29) is 55.1 Å². The predicted octanol–water partition coefficient (Wildman–Crippen LogP) is 3.25. The van der Waals surface area contributed by atoms with Gasteiger partial charge in [0, 0.05) is 29.7 Å². The van der Waals surface area contributed by atoms with E-state index in [0.717, 1.165) is 24.0 Å². The number of carbonyl (C=O) groups excluding carboxylic acids is 4. The zero-order valence-electron chi connectivity index (χ0n) is 23.9. The lowest BCUT2D eigenvalue weighted by Gasteiger charge is -2.59. The van der Waals surface area contributed by atoms with Gasteiger partial charge >= 0.3 is 5.97 Å². The molecule has 4 aliphatic rings. The van der Waals surface area contributed by atoms with Gasteiger partial charge in [-0.2, -0.15) is 0 Å². The van der Waals surface area contributed by atoms with Gasteiger partial charge in [0.15, 0.2) is 12.4 Å². The van der Waals surface area contributed by atoms with Crippen molar-refractivity contribution in [3.8, 4) is 0 Å². The van der Waals surface area contributed by atoms with Crippen molar-refractivity contribution in [2.75, 3.05) is 13.2 Å². The van der Waals surface area contributed by atoms with Gasteiger partial charge in [0.2, 0.25) is 11.7 Å². The van der Waals surface area contributed by atoms with E-state index >= 15 is 0 Å². The summed E-state index contributed by atoms with van der Waals surface area (Å²) < 4.78 is 5.22. The third-order valence-electron chi connectivity index (χ3n) is 10.6. The molecule has 0 saturated heterocycles. The molecule has 1 aromatic carbocycles. The Hall–Kier alpha value is -3.10. The number of nitrogens with one attached hydrogen (secondary N) is 1. The van der Waals surface area contributed by atoms with E-state index in [1.165, 1.54) is 0 Å². The van der Waals surface area contributed by atoms with E-state index in [9.17, 15) is 29.4 Å². The van der Waals surface area contributed by atoms with Crippen LogP contribution in [0.1, 0.15) is 64.4 Å². The summed E-state index contributed by atoms with van der Waals surface area (Å²) in [5, 5.41) is 26.1. The number of esters is 1. The molecule has 0 aromatic heterocycles. The molecule has 4 aliphatic carbocycles. The normalized spacial score (nSPS) is 35.5. The number of benzene rings is 1. The first-order valence-electron chi connectivity index (χ1n) is 14.8. The lowest BCUT2D eigenvalue weighted by Crippen LogP contribution is -2.61. The first kappa shape index (κ1) is 29.4. The molecular formula is C33H41NO7. The Bertz CT molecular complexity index is 1270. The minimum atomic E-state index is -1.71. The number of allylic oxidation sites excluding steroid dienone is 4. The Morgan fingerprint density at radius 3 is 2.61 bits per heavy atom. The van der Waals surface area contributed by atoms with Crippen LogP contribution in [-0.4, -0.2) is 58.5 Å². The van der Waals surface area contributed by atoms with Crippen molar-refractivity contribution >= 4 is 23.4 Å². The molecule has 220 valence electrons. The van der Waals surface area contributed by atoms with Crippen molar-refractivity contribution in [1.82, 2.24) is 5.32 Å². The highest BCUT2D eigenvalue weighted by Gasteiger charge is 2.68. The lowest BCUT2D eigenvalue weighted by molar-refractivity contribution is -0.181. The third-order valence-corrected chi connectivity index (χ3v) is 10.6. The van der Waals surface area contributed by atoms with Crippen LogP contribution in [0.25, 0.3) is 0 Å². The minimum absolute atomic E-state index is 0.0181. The number of carbonyl (C=O) groups is 4. The fraction of sp³-hybridized carbons (Fsp3) is 0.576. The minimum Gasteiger partial charge on any atom is -0.458 e. The molecular weight excluding hydrogens is 522 g/mol. The summed E-state index contributed by atoms with van der Waals surface area (Å²) >= 11 is 0. The summed E-state index contributed by atoms with van der Waals surface area (Å²) in [4.78, 5) is 49.9. The molecule has 3 fully saturated rings. The highest BCUT2D eigenvalue weighted by Crippen LogP contribution is 2.67. The van der Waals surface area contributed by atoms with Crippen LogP contribution >= 0.6 is 0 Å². The van der Waals surface area contributed by atoms with Crippen LogP contribution in [0.15, 0.2) is 54.1 Å². The molecule has 0 aliphatic heterocycles. The van der Waals surface area contributed by atoms with Gasteiger partial charge in [-0.3, -0.25) is 19.2 Å². The van der Waals surface area contributed by atoms with Crippen molar-refractivity contribution in [3.63, 3.8) is 0 Å². The van der Waals surface area contributed by atoms with Crippen molar-refractivity contribution in [3.05, 3.63) is 59.7 Å². The van der Waals surface area contributed by atoms with E-state index in [0.29, 0.717) is 19.4 Å². The number of hydrogen-bond acceptors (Lipinski definition) is 7. The number of aliphatic hydroxyl groups is 2. The van der Waals surface area contributed by atoms with Crippen molar-refractivity contribution < 1.29 is 34.1 Å². The molecule has 0 radical (unpaired) electrons. The smallest absolute Gasteiger partial charge is 0.306 e. The van der Waals surface area contributed by atoms with E-state index in [4.69, 9.17) is 4.74 Å². The highest BCUT2D eigenvalue weighted by molar-refractivity contribution is 6.01. The Balaban J connectivity index is 1.15. The van der Waals surface area contributed by atoms with E-state index in [1.807, 2.05) is 43.3 Å². The van der Waals surface area contributed by atoms with E-state index in [2.05, 4.69) is 12.2 Å². The molecule has 41 heavy (non-hydrogen) atoms. The summed E-state index contributed by atoms with van der Waals surface area (Å²) in [6, 6.07) is 9.76. The number of hydrogen-bond donors (Lipinski definition) is 3. The fourth-order valence-electron chi connectivity index (χ4n) is 8.42. The molecule has 0 spiro atoms. The van der Waals surface area contributed by atoms with Gasteiger partial charge in [0.1, 0.15) is 5.60 Å². The van der Waals surface area contributed by atoms with Gasteiger partial charge < -0.3 is 20.3 Å². The zero-order valence-corrected chi connectivity index (χ0v) is 23.9. The van der Waals surface area contributed by atoms with Crippen LogP contribution < -0.4 is 5.32 Å². The highest BCUT2D eigenvalue weighted by atomic mass is 16.5. The van der Waals surface area contributed by atoms with Gasteiger partial charge in [-0.25, -0.2) is 0 Å². The molecule has 5 rings (SSSR count). The summed E-state index contributed by atoms with van der Waals surface area (Å²) in [6.07, 6.45) is 7.63. The topological polar surface area (TPSA) is 130 Å². The number of ether oxygens (including phenoxy) is 1. The number of Topliss-reactive ketones (excluding diaryl/α,β-unsaturated/α-hetero) is 1. The standard InChI is InChI=1S/C33H41NO7/c1-31-15-12-23(35)18-22(31)8-9-24-25-13-16-33(40,32(25,2)19-26(36)30(24)31)27(37)20-41-29(39)11-10-28(38)34-17-14-21-6-4-3-5-7-21/h3-7,12,15,18,24-26,30,36,40H,8-11,13-14,16-17,19-20H2,1-2H3,(H,34,38)/t24-,25+,26-,30-,31+,32+,33+/m1/s1. The number of aliphatic hydroxyl groups excluding tert-OH is 1. The average Bonchev–Trinajstić information content (AvgIpc) is 3.22. The fourth-order valence-corrected chi connectivity index (χ4v) is 8.42. The molecule has 0 heterocycles. The summed E-state index contributed by atoms with van der Waals surface area (Å²) in [6.45, 7) is 3.87. The Labute approximate surface area is 241 Å². The Morgan fingerprint density at radius 1 is 1.10 bits per heavy atom. The van der Waals surface area contributed by atoms with Crippen LogP contribution in [0, 0.1) is 28.6 Å². The average molecular weight is 564 g/mol. The van der Waals surface area contributed by atoms with Crippen molar-refractivity contribution in [2.24, 2.45) is 28.6 Å². The monoisotopic (exact) mass is 563 g/mol. The summed E-state index contributed by atoms with van der Waals surface area (Å²) in [5.41, 5.74) is -0.842. The van der Waals surface area contributed by atoms with Gasteiger partial charge in [0.25, 0.3) is 0 Å². The number of ketones is 2. The summed E-state index contributed by atoms with van der Waals surface area (Å²) in [7, 11) is 0. The molecule has 1 amide bonds. The second-order valence-corrected chi connectivity index (χ2v) is 12.8. The molecule has 3 saturated carbocycles. The van der Waals surface area contributed by atoms with E-state index in [1.54, 1.807) is 12.2 Å². The van der Waals surface area contributed by atoms with Crippen LogP contribution in [0.5, 0.6) is 0 Å². The van der Waals surface area contributed by atoms with Crippen LogP contribution in [0.3, 0.4) is 0 Å². The van der Waals surface area contributed by atoms with Crippen LogP contribution in [0.4, 0.5) is 0 Å². The van der Waals surface area contributed by atoms with Gasteiger partial charge in [-0.15, -0.1) is 0 Å². The lowest BCUT2D eigenvalue weighted by atomic mass is 9.46. The number of amides is 1. The molecule has 0 bridgehead atoms. The van der Waals surface area contributed by atoms with Gasteiger partial charge in [-0.05, 0) is 68.1 Å². The second kappa shape index (κ2) is 11.3. The molecule has 0 unspecified atom stereocenters. The molecule has 3 N–H and O–H groups in total. The zero-order chi connectivity index (χ0) is 29.4. The van der Waals surface area contributed by atoms with Crippen molar-refractivity contribution in [1.29, 1.82) is 0 Å². The number of fused-ring (bicyclic) bond motifs is 5. The maximum atomic E-state index is 13.4. The molecule has 1 aromatic rings. The van der Waals surface area contributed by atoms with Gasteiger partial charge in [-0.1, -0.05) is 55.8 Å². The SMILES string of the molecule is C[C@]12C=CC(=O)C=C1CC[C@H]1[C@@H]2[C@H](O)C[C@@]2(C)[C@H]1CC[C@]2(O)C(=O)COC(=O)CCC(=O)NCCc1ccccc1. The number of rotatable bonds is 9. The Kier molecular flexibility index (Phi) is 8.09. The third kappa shape index (κ3) is 5.32. The predicted molar refractivity (Wildman–Crippen MR) is 151 cm³/mol. The maximum Gasteiger partial charge on any atom is 0.306 e. The van der Waals surface area contributed by atoms with Crippen molar-refractivity contribution in [2.45, 2.75) is 76.9 Å². The molecule has 7 atom stereocenters. The first-order chi connectivity index (χ1) is 19.5. The largest absolute Gasteiger partial charge is 0.458 e.